The number of ketones is 2. The highest BCUT2D eigenvalue weighted by Crippen LogP contribution is 2.40. The number of halogens is 2. The number of hydrogen-bond acceptors (Lipinski definition) is 4. The number of ether oxygens (including phenoxy) is 1. The van der Waals surface area contributed by atoms with Crippen LogP contribution in [-0.4, -0.2) is 16.7 Å². The Kier molecular flexibility index (Phi) is 4.11. The molecular formula is C17H10Cl2O4. The molecule has 0 fully saturated rings. The predicted molar refractivity (Wildman–Crippen MR) is 86.3 cm³/mol. The van der Waals surface area contributed by atoms with E-state index in [0.29, 0.717) is 0 Å². The van der Waals surface area contributed by atoms with Crippen molar-refractivity contribution in [2.24, 2.45) is 0 Å². The van der Waals surface area contributed by atoms with Gasteiger partial charge < -0.3 is 9.84 Å². The van der Waals surface area contributed by atoms with E-state index in [2.05, 4.69) is 0 Å². The second kappa shape index (κ2) is 6.07. The van der Waals surface area contributed by atoms with Gasteiger partial charge in [0.25, 0.3) is 0 Å². The molecule has 0 spiro atoms. The van der Waals surface area contributed by atoms with Crippen LogP contribution in [0.1, 0.15) is 26.3 Å². The van der Waals surface area contributed by atoms with Crippen molar-refractivity contribution in [1.29, 1.82) is 0 Å². The van der Waals surface area contributed by atoms with E-state index in [4.69, 9.17) is 27.9 Å². The van der Waals surface area contributed by atoms with Gasteiger partial charge in [0.1, 0.15) is 28.2 Å². The minimum Gasteiger partial charge on any atom is -0.507 e. The number of phenolic OH excluding ortho intramolecular Hbond substituents is 1. The number of aromatic hydroxyl groups is 1. The minimum absolute atomic E-state index is 0.0691. The molecule has 0 heterocycles. The molecule has 1 aliphatic rings. The summed E-state index contributed by atoms with van der Waals surface area (Å²) in [6, 6.07) is 12.0. The van der Waals surface area contributed by atoms with Crippen LogP contribution in [0.3, 0.4) is 0 Å². The van der Waals surface area contributed by atoms with Gasteiger partial charge in [0.15, 0.2) is 0 Å². The summed E-state index contributed by atoms with van der Waals surface area (Å²) in [7, 11) is 0. The smallest absolute Gasteiger partial charge is 0.210 e. The van der Waals surface area contributed by atoms with Gasteiger partial charge in [-0.15, -0.1) is 0 Å². The molecule has 0 radical (unpaired) electrons. The molecule has 1 aliphatic carbocycles. The van der Waals surface area contributed by atoms with Crippen molar-refractivity contribution in [3.63, 3.8) is 0 Å². The molecule has 0 aromatic heterocycles. The van der Waals surface area contributed by atoms with Gasteiger partial charge in [0.2, 0.25) is 11.6 Å². The molecule has 0 aliphatic heterocycles. The molecule has 23 heavy (non-hydrogen) atoms. The first-order valence-corrected chi connectivity index (χ1v) is 7.43. The second-order valence-corrected chi connectivity index (χ2v) is 5.65. The number of phenols is 1. The standard InChI is InChI=1S/C17H10Cl2O4/c18-14-15(19)17(22)13-11(7-6-10(20)12(13)16(14)21)23-8-9-4-2-1-3-5-9/h1-7,20H,8H2. The molecular weight excluding hydrogens is 339 g/mol. The highest BCUT2D eigenvalue weighted by molar-refractivity contribution is 6.59. The zero-order chi connectivity index (χ0) is 16.6. The maximum absolute atomic E-state index is 12.3. The van der Waals surface area contributed by atoms with Crippen LogP contribution < -0.4 is 4.74 Å². The molecule has 3 rings (SSSR count). The monoisotopic (exact) mass is 348 g/mol. The summed E-state index contributed by atoms with van der Waals surface area (Å²) in [6.07, 6.45) is 0. The molecule has 2 aromatic rings. The van der Waals surface area contributed by atoms with Crippen molar-refractivity contribution in [2.75, 3.05) is 0 Å². The number of benzene rings is 2. The topological polar surface area (TPSA) is 63.6 Å². The first kappa shape index (κ1) is 15.6. The van der Waals surface area contributed by atoms with Crippen molar-refractivity contribution in [3.05, 3.63) is 69.2 Å². The third kappa shape index (κ3) is 2.71. The van der Waals surface area contributed by atoms with E-state index in [-0.39, 0.29) is 34.3 Å². The zero-order valence-corrected chi connectivity index (χ0v) is 13.2. The summed E-state index contributed by atoms with van der Waals surface area (Å²) >= 11 is 11.6. The van der Waals surface area contributed by atoms with Gasteiger partial charge in [-0.25, -0.2) is 0 Å². The highest BCUT2D eigenvalue weighted by Gasteiger charge is 2.35. The van der Waals surface area contributed by atoms with Crippen molar-refractivity contribution in [2.45, 2.75) is 6.61 Å². The summed E-state index contributed by atoms with van der Waals surface area (Å²) in [5.41, 5.74) is 0.638. The molecule has 0 atom stereocenters. The Morgan fingerprint density at radius 1 is 0.870 bits per heavy atom. The third-order valence-electron chi connectivity index (χ3n) is 3.43. The van der Waals surface area contributed by atoms with Crippen molar-refractivity contribution >= 4 is 34.8 Å². The summed E-state index contributed by atoms with van der Waals surface area (Å²) in [5, 5.41) is 9.13. The van der Waals surface area contributed by atoms with E-state index in [9.17, 15) is 14.7 Å². The Bertz CT molecular complexity index is 841. The maximum Gasteiger partial charge on any atom is 0.210 e. The lowest BCUT2D eigenvalue weighted by molar-refractivity contribution is 0.0980. The van der Waals surface area contributed by atoms with Crippen LogP contribution in [0.25, 0.3) is 0 Å². The third-order valence-corrected chi connectivity index (χ3v) is 4.25. The quantitative estimate of drug-likeness (QED) is 0.908. The lowest BCUT2D eigenvalue weighted by Crippen LogP contribution is -2.19. The summed E-state index contributed by atoms with van der Waals surface area (Å²) in [4.78, 5) is 24.5. The van der Waals surface area contributed by atoms with Gasteiger partial charge in [0.05, 0.1) is 11.1 Å². The number of fused-ring (bicyclic) bond motifs is 1. The SMILES string of the molecule is O=C1C(Cl)=C(Cl)C(=O)c2c(OCc3ccccc3)ccc(O)c21. The molecule has 0 amide bonds. The maximum atomic E-state index is 12.3. The molecule has 1 N–H and O–H groups in total. The summed E-state index contributed by atoms with van der Waals surface area (Å²) < 4.78 is 5.64. The van der Waals surface area contributed by atoms with Gasteiger partial charge in [0, 0.05) is 0 Å². The first-order chi connectivity index (χ1) is 11.0. The van der Waals surface area contributed by atoms with Crippen LogP contribution in [-0.2, 0) is 6.61 Å². The molecule has 2 aromatic carbocycles. The Morgan fingerprint density at radius 2 is 1.48 bits per heavy atom. The van der Waals surface area contributed by atoms with Gasteiger partial charge in [-0.1, -0.05) is 53.5 Å². The van der Waals surface area contributed by atoms with E-state index in [0.717, 1.165) is 5.56 Å². The second-order valence-electron chi connectivity index (χ2n) is 4.89. The summed E-state index contributed by atoms with van der Waals surface area (Å²) in [6.45, 7) is 0.203. The molecule has 0 saturated heterocycles. The van der Waals surface area contributed by atoms with E-state index in [1.807, 2.05) is 30.3 Å². The van der Waals surface area contributed by atoms with Crippen molar-refractivity contribution in [1.82, 2.24) is 0 Å². The first-order valence-electron chi connectivity index (χ1n) is 6.68. The fourth-order valence-electron chi connectivity index (χ4n) is 2.30. The highest BCUT2D eigenvalue weighted by atomic mass is 35.5. The molecule has 0 saturated carbocycles. The van der Waals surface area contributed by atoms with Crippen LogP contribution in [0.15, 0.2) is 52.5 Å². The van der Waals surface area contributed by atoms with Crippen LogP contribution in [0.4, 0.5) is 0 Å². The van der Waals surface area contributed by atoms with Crippen LogP contribution in [0.2, 0.25) is 0 Å². The number of allylic oxidation sites excluding steroid dienone is 2. The van der Waals surface area contributed by atoms with Gasteiger partial charge in [-0.3, -0.25) is 9.59 Å². The van der Waals surface area contributed by atoms with E-state index < -0.39 is 16.6 Å². The van der Waals surface area contributed by atoms with E-state index >= 15 is 0 Å². The normalized spacial score (nSPS) is 14.0. The molecule has 4 nitrogen and oxygen atoms in total. The number of hydrogen-bond donors (Lipinski definition) is 1. The summed E-state index contributed by atoms with van der Waals surface area (Å²) in [5.74, 6) is -1.52. The fourth-order valence-corrected chi connectivity index (χ4v) is 2.66. The average molecular weight is 349 g/mol. The van der Waals surface area contributed by atoms with Crippen LogP contribution >= 0.6 is 23.2 Å². The van der Waals surface area contributed by atoms with Gasteiger partial charge in [-0.05, 0) is 17.7 Å². The van der Waals surface area contributed by atoms with Crippen LogP contribution in [0, 0.1) is 0 Å². The Hall–Kier alpha value is -2.30. The number of rotatable bonds is 3. The van der Waals surface area contributed by atoms with E-state index in [1.54, 1.807) is 0 Å². The predicted octanol–water partition coefficient (Wildman–Crippen LogP) is 4.04. The fraction of sp³-hybridized carbons (Fsp3) is 0.0588. The van der Waals surface area contributed by atoms with E-state index in [1.165, 1.54) is 12.1 Å². The van der Waals surface area contributed by atoms with Gasteiger partial charge >= 0.3 is 0 Å². The van der Waals surface area contributed by atoms with Gasteiger partial charge in [-0.2, -0.15) is 0 Å². The van der Waals surface area contributed by atoms with Crippen molar-refractivity contribution < 1.29 is 19.4 Å². The lowest BCUT2D eigenvalue weighted by atomic mass is 9.92. The largest absolute Gasteiger partial charge is 0.507 e. The number of carbonyl (C=O) groups is 2. The van der Waals surface area contributed by atoms with Crippen LogP contribution in [0.5, 0.6) is 11.5 Å². The molecule has 0 unspecified atom stereocenters. The minimum atomic E-state index is -0.700. The zero-order valence-electron chi connectivity index (χ0n) is 11.7. The Balaban J connectivity index is 2.02. The molecule has 116 valence electrons. The number of carbonyl (C=O) groups excluding carboxylic acids is 2. The Labute approximate surface area is 141 Å². The molecule has 0 bridgehead atoms. The average Bonchev–Trinajstić information content (AvgIpc) is 2.57. The molecule has 6 heteroatoms. The lowest BCUT2D eigenvalue weighted by Gasteiger charge is -2.19. The van der Waals surface area contributed by atoms with Crippen molar-refractivity contribution in [3.8, 4) is 11.5 Å². The Morgan fingerprint density at radius 3 is 2.13 bits per heavy atom. The number of Topliss-reactive ketones (excluding diaryl/α,β-unsaturated/α-hetero) is 2.